The first-order valence-corrected chi connectivity index (χ1v) is 5.62. The number of aliphatic hydroxyl groups excluding tert-OH is 1. The number of hydrogen-bond acceptors (Lipinski definition) is 4. The molecule has 1 heterocycles. The lowest BCUT2D eigenvalue weighted by atomic mass is 10.0. The molecule has 0 fully saturated rings. The average molecular weight is 262 g/mol. The molecule has 0 radical (unpaired) electrons. The predicted octanol–water partition coefficient (Wildman–Crippen LogP) is 0.482. The maximum Gasteiger partial charge on any atom is 0.326 e. The number of aromatic nitrogens is 2. The van der Waals surface area contributed by atoms with Crippen LogP contribution in [0, 0.1) is 0 Å². The number of carbonyl (C=O) groups is 1. The zero-order valence-electron chi connectivity index (χ0n) is 9.77. The molecule has 0 aliphatic heterocycles. The summed E-state index contributed by atoms with van der Waals surface area (Å²) >= 11 is 5.94. The van der Waals surface area contributed by atoms with Gasteiger partial charge >= 0.3 is 5.97 Å². The van der Waals surface area contributed by atoms with Crippen LogP contribution in [0.4, 0.5) is 0 Å². The molecule has 96 valence electrons. The van der Waals surface area contributed by atoms with Gasteiger partial charge in [-0.15, -0.1) is 0 Å². The highest BCUT2D eigenvalue weighted by molar-refractivity contribution is 6.31. The Morgan fingerprint density at radius 1 is 1.71 bits per heavy atom. The van der Waals surface area contributed by atoms with Crippen molar-refractivity contribution in [3.63, 3.8) is 0 Å². The molecular formula is C10H16ClN3O3. The minimum absolute atomic E-state index is 0.190. The summed E-state index contributed by atoms with van der Waals surface area (Å²) in [6, 6.07) is 0. The molecule has 1 atom stereocenters. The van der Waals surface area contributed by atoms with E-state index in [-0.39, 0.29) is 6.54 Å². The summed E-state index contributed by atoms with van der Waals surface area (Å²) in [6.07, 6.45) is 1.68. The van der Waals surface area contributed by atoms with Gasteiger partial charge in [-0.05, 0) is 13.8 Å². The Hall–Kier alpha value is -1.11. The average Bonchev–Trinajstić information content (AvgIpc) is 2.66. The Morgan fingerprint density at radius 3 is 2.76 bits per heavy atom. The molecule has 1 aromatic heterocycles. The number of aliphatic carboxylic acids is 1. The fourth-order valence-corrected chi connectivity index (χ4v) is 1.41. The van der Waals surface area contributed by atoms with Gasteiger partial charge in [-0.2, -0.15) is 5.10 Å². The first-order valence-electron chi connectivity index (χ1n) is 5.24. The number of halogens is 1. The van der Waals surface area contributed by atoms with Gasteiger partial charge in [0.15, 0.2) is 0 Å². The van der Waals surface area contributed by atoms with E-state index in [1.54, 1.807) is 10.9 Å². The Balaban J connectivity index is 2.72. The summed E-state index contributed by atoms with van der Waals surface area (Å²) in [7, 11) is 0. The zero-order valence-corrected chi connectivity index (χ0v) is 10.5. The molecule has 0 amide bonds. The molecule has 6 nitrogen and oxygen atoms in total. The third kappa shape index (κ3) is 3.18. The van der Waals surface area contributed by atoms with E-state index < -0.39 is 18.1 Å². The molecule has 1 aromatic rings. The molecule has 0 aliphatic rings. The third-order valence-electron chi connectivity index (χ3n) is 2.55. The summed E-state index contributed by atoms with van der Waals surface area (Å²) in [6.45, 7) is 3.70. The number of aliphatic hydroxyl groups is 1. The second-order valence-corrected chi connectivity index (χ2v) is 4.34. The molecule has 3 N–H and O–H groups in total. The number of aryl methyl sites for hydroxylation is 1. The molecule has 0 saturated carbocycles. The van der Waals surface area contributed by atoms with Crippen molar-refractivity contribution in [3.05, 3.63) is 16.9 Å². The van der Waals surface area contributed by atoms with E-state index in [1.807, 2.05) is 6.92 Å². The number of carboxylic acids is 1. The van der Waals surface area contributed by atoms with Gasteiger partial charge in [-0.25, -0.2) is 0 Å². The lowest BCUT2D eigenvalue weighted by Crippen LogP contribution is -2.52. The van der Waals surface area contributed by atoms with Crippen LogP contribution >= 0.6 is 11.6 Å². The SMILES string of the molecule is CCn1cc(Cl)c(CNC(C)(CO)C(=O)O)n1. The second kappa shape index (κ2) is 5.48. The van der Waals surface area contributed by atoms with Crippen LogP contribution in [0.5, 0.6) is 0 Å². The molecule has 7 heteroatoms. The van der Waals surface area contributed by atoms with Crippen molar-refractivity contribution in [3.8, 4) is 0 Å². The predicted molar refractivity (Wildman–Crippen MR) is 62.9 cm³/mol. The smallest absolute Gasteiger partial charge is 0.326 e. The Labute approximate surface area is 104 Å². The van der Waals surface area contributed by atoms with Crippen LogP contribution in [0.3, 0.4) is 0 Å². The van der Waals surface area contributed by atoms with E-state index in [1.165, 1.54) is 6.92 Å². The summed E-state index contributed by atoms with van der Waals surface area (Å²) < 4.78 is 1.66. The second-order valence-electron chi connectivity index (χ2n) is 3.93. The van der Waals surface area contributed by atoms with Crippen molar-refractivity contribution >= 4 is 17.6 Å². The minimum atomic E-state index is -1.39. The first-order chi connectivity index (χ1) is 7.92. The summed E-state index contributed by atoms with van der Waals surface area (Å²) in [5.41, 5.74) is -0.825. The van der Waals surface area contributed by atoms with Crippen LogP contribution in [0.2, 0.25) is 5.02 Å². The Kier molecular flexibility index (Phi) is 4.50. The lowest BCUT2D eigenvalue weighted by Gasteiger charge is -2.23. The number of rotatable bonds is 6. The van der Waals surface area contributed by atoms with E-state index in [4.69, 9.17) is 21.8 Å². The Morgan fingerprint density at radius 2 is 2.35 bits per heavy atom. The molecule has 0 saturated heterocycles. The molecular weight excluding hydrogens is 246 g/mol. The first kappa shape index (κ1) is 14.0. The highest BCUT2D eigenvalue weighted by Gasteiger charge is 2.32. The maximum atomic E-state index is 10.9. The zero-order chi connectivity index (χ0) is 13.1. The molecule has 17 heavy (non-hydrogen) atoms. The van der Waals surface area contributed by atoms with Gasteiger partial charge in [0.25, 0.3) is 0 Å². The van der Waals surface area contributed by atoms with E-state index >= 15 is 0 Å². The highest BCUT2D eigenvalue weighted by atomic mass is 35.5. The van der Waals surface area contributed by atoms with Gasteiger partial charge < -0.3 is 10.2 Å². The maximum absolute atomic E-state index is 10.9. The standard InChI is InChI=1S/C10H16ClN3O3/c1-3-14-5-7(11)8(13-14)4-12-10(2,6-15)9(16)17/h5,12,15H,3-4,6H2,1-2H3,(H,16,17). The highest BCUT2D eigenvalue weighted by Crippen LogP contribution is 2.15. The quantitative estimate of drug-likeness (QED) is 0.693. The molecule has 0 spiro atoms. The van der Waals surface area contributed by atoms with Gasteiger partial charge in [0.05, 0.1) is 17.3 Å². The molecule has 0 aliphatic carbocycles. The van der Waals surface area contributed by atoms with Crippen molar-refractivity contribution in [1.29, 1.82) is 0 Å². The van der Waals surface area contributed by atoms with E-state index in [2.05, 4.69) is 10.4 Å². The summed E-state index contributed by atoms with van der Waals surface area (Å²) in [5.74, 6) is -1.12. The van der Waals surface area contributed by atoms with Crippen LogP contribution in [0.25, 0.3) is 0 Å². The van der Waals surface area contributed by atoms with E-state index in [0.29, 0.717) is 17.3 Å². The molecule has 1 rings (SSSR count). The molecule has 1 unspecified atom stereocenters. The fraction of sp³-hybridized carbons (Fsp3) is 0.600. The Bertz CT molecular complexity index is 408. The fourth-order valence-electron chi connectivity index (χ4n) is 1.20. The van der Waals surface area contributed by atoms with Crippen molar-refractivity contribution in [2.24, 2.45) is 0 Å². The number of nitrogens with one attached hydrogen (secondary N) is 1. The molecule has 0 aromatic carbocycles. The normalized spacial score (nSPS) is 14.6. The third-order valence-corrected chi connectivity index (χ3v) is 2.86. The summed E-state index contributed by atoms with van der Waals surface area (Å²) in [4.78, 5) is 10.9. The van der Waals surface area contributed by atoms with Gasteiger partial charge in [-0.3, -0.25) is 14.8 Å². The van der Waals surface area contributed by atoms with Crippen molar-refractivity contribution in [2.75, 3.05) is 6.61 Å². The van der Waals surface area contributed by atoms with Gasteiger partial charge in [0.2, 0.25) is 0 Å². The monoisotopic (exact) mass is 261 g/mol. The largest absolute Gasteiger partial charge is 0.480 e. The topological polar surface area (TPSA) is 87.4 Å². The van der Waals surface area contributed by atoms with Gasteiger partial charge in [0.1, 0.15) is 5.54 Å². The lowest BCUT2D eigenvalue weighted by molar-refractivity contribution is -0.145. The number of hydrogen-bond donors (Lipinski definition) is 3. The van der Waals surface area contributed by atoms with Crippen LogP contribution in [-0.2, 0) is 17.9 Å². The van der Waals surface area contributed by atoms with E-state index in [0.717, 1.165) is 0 Å². The van der Waals surface area contributed by atoms with Gasteiger partial charge in [-0.1, -0.05) is 11.6 Å². The van der Waals surface area contributed by atoms with Crippen LogP contribution < -0.4 is 5.32 Å². The number of nitrogens with zero attached hydrogens (tertiary/aromatic N) is 2. The van der Waals surface area contributed by atoms with Crippen molar-refractivity contribution in [1.82, 2.24) is 15.1 Å². The van der Waals surface area contributed by atoms with Crippen molar-refractivity contribution < 1.29 is 15.0 Å². The van der Waals surface area contributed by atoms with Crippen LogP contribution in [0.1, 0.15) is 19.5 Å². The van der Waals surface area contributed by atoms with Gasteiger partial charge in [0, 0.05) is 19.3 Å². The number of carboxylic acid groups (broad SMARTS) is 1. The summed E-state index contributed by atoms with van der Waals surface area (Å²) in [5, 5.41) is 25.4. The van der Waals surface area contributed by atoms with Crippen molar-refractivity contribution in [2.45, 2.75) is 32.5 Å². The van der Waals surface area contributed by atoms with Crippen LogP contribution in [0.15, 0.2) is 6.20 Å². The van der Waals surface area contributed by atoms with Crippen LogP contribution in [-0.4, -0.2) is 38.1 Å². The van der Waals surface area contributed by atoms with E-state index in [9.17, 15) is 4.79 Å². The molecule has 0 bridgehead atoms. The minimum Gasteiger partial charge on any atom is -0.480 e.